The number of aromatic nitrogens is 2. The zero-order valence-electron chi connectivity index (χ0n) is 18.3. The van der Waals surface area contributed by atoms with Gasteiger partial charge >= 0.3 is 0 Å². The quantitative estimate of drug-likeness (QED) is 0.172. The Bertz CT molecular complexity index is 1100. The number of carbonyl (C=O) groups is 3. The molecule has 0 unspecified atom stereocenters. The zero-order valence-corrected chi connectivity index (χ0v) is 19.9. The summed E-state index contributed by atoms with van der Waals surface area (Å²) in [4.78, 5) is 35.9. The van der Waals surface area contributed by atoms with Crippen LogP contribution in [-0.2, 0) is 4.79 Å². The van der Waals surface area contributed by atoms with Gasteiger partial charge in [0.1, 0.15) is 5.75 Å². The fraction of sp³-hybridized carbons (Fsp3) is 0.261. The summed E-state index contributed by atoms with van der Waals surface area (Å²) in [6.45, 7) is 4.24. The number of hydrogen-bond acceptors (Lipinski definition) is 8. The van der Waals surface area contributed by atoms with Crippen LogP contribution in [0.3, 0.4) is 0 Å². The summed E-state index contributed by atoms with van der Waals surface area (Å²) in [6.07, 6.45) is 2.04. The van der Waals surface area contributed by atoms with Gasteiger partial charge in [-0.25, -0.2) is 0 Å². The molecule has 0 aliphatic rings. The van der Waals surface area contributed by atoms with Gasteiger partial charge in [0.15, 0.2) is 10.1 Å². The third-order valence-electron chi connectivity index (χ3n) is 4.41. The Hall–Kier alpha value is -3.24. The van der Waals surface area contributed by atoms with E-state index in [9.17, 15) is 14.4 Å². The van der Waals surface area contributed by atoms with Crippen molar-refractivity contribution in [2.45, 2.75) is 31.0 Å². The minimum atomic E-state index is -0.297. The molecule has 0 spiro atoms. The lowest BCUT2D eigenvalue weighted by molar-refractivity contribution is -0.113. The maximum absolute atomic E-state index is 12.4. The Kier molecular flexibility index (Phi) is 8.96. The first kappa shape index (κ1) is 24.4. The van der Waals surface area contributed by atoms with Crippen LogP contribution in [0.25, 0.3) is 0 Å². The van der Waals surface area contributed by atoms with Gasteiger partial charge in [0.25, 0.3) is 5.91 Å². The van der Waals surface area contributed by atoms with Crippen molar-refractivity contribution in [3.8, 4) is 5.75 Å². The molecule has 0 atom stereocenters. The zero-order chi connectivity index (χ0) is 23.6. The van der Waals surface area contributed by atoms with Crippen molar-refractivity contribution in [1.29, 1.82) is 0 Å². The highest BCUT2D eigenvalue weighted by atomic mass is 32.2. The molecule has 10 heteroatoms. The molecule has 0 saturated heterocycles. The summed E-state index contributed by atoms with van der Waals surface area (Å²) in [6, 6.07) is 13.6. The predicted octanol–water partition coefficient (Wildman–Crippen LogP) is 4.90. The largest absolute Gasteiger partial charge is 0.494 e. The van der Waals surface area contributed by atoms with Crippen molar-refractivity contribution in [3.05, 3.63) is 59.7 Å². The number of Topliss-reactive ketones (excluding diaryl/α,β-unsaturated/α-hetero) is 1. The van der Waals surface area contributed by atoms with E-state index in [4.69, 9.17) is 4.74 Å². The van der Waals surface area contributed by atoms with Gasteiger partial charge in [0.05, 0.1) is 12.4 Å². The minimum absolute atomic E-state index is 0.0314. The lowest BCUT2D eigenvalue weighted by Gasteiger charge is -2.06. The molecule has 3 rings (SSSR count). The summed E-state index contributed by atoms with van der Waals surface area (Å²) in [5, 5.41) is 13.8. The summed E-state index contributed by atoms with van der Waals surface area (Å²) in [7, 11) is 0. The molecular formula is C23H24N4O4S2. The Morgan fingerprint density at radius 1 is 0.970 bits per heavy atom. The van der Waals surface area contributed by atoms with E-state index < -0.39 is 0 Å². The lowest BCUT2D eigenvalue weighted by Crippen LogP contribution is -2.14. The van der Waals surface area contributed by atoms with E-state index in [-0.39, 0.29) is 23.4 Å². The number of nitrogens with one attached hydrogen (secondary N) is 2. The number of carbonyl (C=O) groups excluding carboxylic acids is 3. The number of anilines is 2. The van der Waals surface area contributed by atoms with E-state index >= 15 is 0 Å². The van der Waals surface area contributed by atoms with Crippen molar-refractivity contribution in [2.24, 2.45) is 0 Å². The van der Waals surface area contributed by atoms with Gasteiger partial charge in [0.2, 0.25) is 11.0 Å². The molecule has 8 nitrogen and oxygen atoms in total. The molecule has 1 heterocycles. The van der Waals surface area contributed by atoms with Crippen molar-refractivity contribution >= 4 is 51.5 Å². The van der Waals surface area contributed by atoms with Gasteiger partial charge in [-0.2, -0.15) is 0 Å². The number of thioether (sulfide) groups is 1. The van der Waals surface area contributed by atoms with Gasteiger partial charge in [-0.05, 0) is 61.9 Å². The van der Waals surface area contributed by atoms with E-state index in [0.29, 0.717) is 32.9 Å². The summed E-state index contributed by atoms with van der Waals surface area (Å²) < 4.78 is 6.16. The Labute approximate surface area is 200 Å². The predicted molar refractivity (Wildman–Crippen MR) is 131 cm³/mol. The monoisotopic (exact) mass is 484 g/mol. The second kappa shape index (κ2) is 12.1. The third-order valence-corrected chi connectivity index (χ3v) is 6.38. The van der Waals surface area contributed by atoms with Crippen molar-refractivity contribution < 1.29 is 19.1 Å². The molecule has 1 aromatic heterocycles. The normalized spacial score (nSPS) is 10.5. The van der Waals surface area contributed by atoms with Crippen LogP contribution in [0.5, 0.6) is 5.75 Å². The maximum atomic E-state index is 12.4. The van der Waals surface area contributed by atoms with Crippen LogP contribution in [0.2, 0.25) is 0 Å². The third kappa shape index (κ3) is 7.69. The fourth-order valence-corrected chi connectivity index (χ4v) is 4.18. The first-order chi connectivity index (χ1) is 15.9. The van der Waals surface area contributed by atoms with Crippen molar-refractivity contribution in [3.63, 3.8) is 0 Å². The van der Waals surface area contributed by atoms with Crippen LogP contribution >= 0.6 is 23.1 Å². The highest BCUT2D eigenvalue weighted by Gasteiger charge is 2.12. The fourth-order valence-electron chi connectivity index (χ4n) is 2.64. The number of rotatable bonds is 11. The van der Waals surface area contributed by atoms with Crippen LogP contribution in [-0.4, -0.2) is 40.2 Å². The molecular weight excluding hydrogens is 460 g/mol. The topological polar surface area (TPSA) is 110 Å². The number of amides is 2. The molecule has 2 amide bonds. The Balaban J connectivity index is 1.45. The van der Waals surface area contributed by atoms with Crippen LogP contribution in [0.15, 0.2) is 52.9 Å². The highest BCUT2D eigenvalue weighted by molar-refractivity contribution is 8.01. The van der Waals surface area contributed by atoms with E-state index in [1.54, 1.807) is 48.5 Å². The molecule has 3 aromatic rings. The number of benzene rings is 2. The second-order valence-electron chi connectivity index (χ2n) is 7.02. The molecule has 0 saturated carbocycles. The van der Waals surface area contributed by atoms with Crippen LogP contribution in [0, 0.1) is 0 Å². The number of hydrogen-bond donors (Lipinski definition) is 2. The summed E-state index contributed by atoms with van der Waals surface area (Å²) in [5.74, 6) is 0.321. The molecule has 0 radical (unpaired) electrons. The van der Waals surface area contributed by atoms with Gasteiger partial charge in [-0.15, -0.1) is 10.2 Å². The van der Waals surface area contributed by atoms with Gasteiger partial charge in [0, 0.05) is 16.8 Å². The summed E-state index contributed by atoms with van der Waals surface area (Å²) >= 11 is 2.41. The second-order valence-corrected chi connectivity index (χ2v) is 9.22. The number of ether oxygens (including phenoxy) is 1. The van der Waals surface area contributed by atoms with Gasteiger partial charge < -0.3 is 10.1 Å². The lowest BCUT2D eigenvalue weighted by atomic mass is 10.1. The maximum Gasteiger partial charge on any atom is 0.257 e. The average molecular weight is 485 g/mol. The van der Waals surface area contributed by atoms with Crippen molar-refractivity contribution in [2.75, 3.05) is 23.0 Å². The smallest absolute Gasteiger partial charge is 0.257 e. The SMILES string of the molecule is CCCCOc1ccc(C(=O)Nc2nnc(SCC(=O)Nc3ccc(C(C)=O)cc3)s2)cc1. The number of unbranched alkanes of at least 4 members (excludes halogenated alkanes) is 1. The molecule has 33 heavy (non-hydrogen) atoms. The average Bonchev–Trinajstić information content (AvgIpc) is 3.26. The van der Waals surface area contributed by atoms with Crippen molar-refractivity contribution in [1.82, 2.24) is 10.2 Å². The summed E-state index contributed by atoms with van der Waals surface area (Å²) in [5.41, 5.74) is 1.68. The molecule has 2 N–H and O–H groups in total. The molecule has 172 valence electrons. The van der Waals surface area contributed by atoms with Crippen LogP contribution in [0.4, 0.5) is 10.8 Å². The molecule has 0 aliphatic carbocycles. The van der Waals surface area contributed by atoms with Gasteiger partial charge in [-0.3, -0.25) is 19.7 Å². The molecule has 2 aromatic carbocycles. The minimum Gasteiger partial charge on any atom is -0.494 e. The van der Waals surface area contributed by atoms with Crippen LogP contribution < -0.4 is 15.4 Å². The van der Waals surface area contributed by atoms with Crippen LogP contribution in [0.1, 0.15) is 47.4 Å². The number of ketones is 1. The molecule has 0 bridgehead atoms. The van der Waals surface area contributed by atoms with E-state index in [1.807, 2.05) is 0 Å². The van der Waals surface area contributed by atoms with Gasteiger partial charge in [-0.1, -0.05) is 36.4 Å². The van der Waals surface area contributed by atoms with E-state index in [0.717, 1.165) is 18.6 Å². The Morgan fingerprint density at radius 3 is 2.33 bits per heavy atom. The standard InChI is InChI=1S/C23H24N4O4S2/c1-3-4-13-31-19-11-7-17(8-12-19)21(30)25-22-26-27-23(33-22)32-14-20(29)24-18-9-5-16(6-10-18)15(2)28/h5-12H,3-4,13-14H2,1-2H3,(H,24,29)(H,25,26,30). The first-order valence-corrected chi connectivity index (χ1v) is 12.2. The number of nitrogens with zero attached hydrogens (tertiary/aromatic N) is 2. The first-order valence-electron chi connectivity index (χ1n) is 10.4. The molecule has 0 fully saturated rings. The molecule has 0 aliphatic heterocycles. The highest BCUT2D eigenvalue weighted by Crippen LogP contribution is 2.26. The van der Waals surface area contributed by atoms with E-state index in [2.05, 4.69) is 27.8 Å². The Morgan fingerprint density at radius 2 is 1.67 bits per heavy atom. The van der Waals surface area contributed by atoms with E-state index in [1.165, 1.54) is 30.0 Å².